The molecule has 1 aliphatic heterocycles. The summed E-state index contributed by atoms with van der Waals surface area (Å²) in [6, 6.07) is 9.99. The quantitative estimate of drug-likeness (QED) is 0.943. The molecule has 0 radical (unpaired) electrons. The van der Waals surface area contributed by atoms with Crippen LogP contribution in [0.3, 0.4) is 0 Å². The molecule has 1 saturated heterocycles. The number of carbonyl (C=O) groups is 1. The van der Waals surface area contributed by atoms with Crippen molar-refractivity contribution in [2.24, 2.45) is 0 Å². The number of likely N-dealkylation sites (tertiary alicyclic amines) is 1. The van der Waals surface area contributed by atoms with Crippen molar-refractivity contribution in [3.63, 3.8) is 0 Å². The molecule has 1 aromatic heterocycles. The van der Waals surface area contributed by atoms with Crippen molar-refractivity contribution in [1.82, 2.24) is 20.0 Å². The standard InChI is InChI=1S/C18H24N4O/c1-21(2)12-14-5-7-15(8-6-14)18(23)22-11-3-4-16(13-22)17-9-10-19-20-17/h5-10,16H,3-4,11-13H2,1-2H3,(H,19,20). The molecule has 1 amide bonds. The summed E-state index contributed by atoms with van der Waals surface area (Å²) in [6.07, 6.45) is 3.92. The van der Waals surface area contributed by atoms with Crippen LogP contribution in [0, 0.1) is 0 Å². The Morgan fingerprint density at radius 2 is 2.09 bits per heavy atom. The average Bonchev–Trinajstić information content (AvgIpc) is 3.09. The minimum Gasteiger partial charge on any atom is -0.338 e. The summed E-state index contributed by atoms with van der Waals surface area (Å²) in [5.74, 6) is 0.494. The highest BCUT2D eigenvalue weighted by atomic mass is 16.2. The average molecular weight is 312 g/mol. The molecular formula is C18H24N4O. The van der Waals surface area contributed by atoms with Crippen LogP contribution in [0.1, 0.15) is 40.4 Å². The van der Waals surface area contributed by atoms with Gasteiger partial charge in [0.15, 0.2) is 0 Å². The van der Waals surface area contributed by atoms with E-state index in [1.54, 1.807) is 6.20 Å². The number of amides is 1. The largest absolute Gasteiger partial charge is 0.338 e. The second-order valence-electron chi connectivity index (χ2n) is 6.54. The Balaban J connectivity index is 1.67. The second-order valence-corrected chi connectivity index (χ2v) is 6.54. The van der Waals surface area contributed by atoms with Crippen molar-refractivity contribution >= 4 is 5.91 Å². The van der Waals surface area contributed by atoms with Gasteiger partial charge in [-0.1, -0.05) is 12.1 Å². The van der Waals surface area contributed by atoms with Crippen molar-refractivity contribution in [2.75, 3.05) is 27.2 Å². The number of H-pyrrole nitrogens is 1. The first-order chi connectivity index (χ1) is 11.1. The molecule has 23 heavy (non-hydrogen) atoms. The van der Waals surface area contributed by atoms with Crippen LogP contribution in [0.5, 0.6) is 0 Å². The maximum Gasteiger partial charge on any atom is 0.253 e. The smallest absolute Gasteiger partial charge is 0.253 e. The van der Waals surface area contributed by atoms with Crippen LogP contribution in [0.25, 0.3) is 0 Å². The van der Waals surface area contributed by atoms with Gasteiger partial charge in [-0.15, -0.1) is 0 Å². The second kappa shape index (κ2) is 6.96. The Labute approximate surface area is 137 Å². The molecule has 0 aliphatic carbocycles. The Bertz CT molecular complexity index is 634. The van der Waals surface area contributed by atoms with E-state index in [0.717, 1.165) is 43.7 Å². The Kier molecular flexibility index (Phi) is 4.76. The first kappa shape index (κ1) is 15.7. The molecule has 1 unspecified atom stereocenters. The molecule has 2 heterocycles. The molecule has 3 rings (SSSR count). The van der Waals surface area contributed by atoms with Crippen molar-refractivity contribution < 1.29 is 4.79 Å². The zero-order valence-electron chi connectivity index (χ0n) is 13.8. The zero-order chi connectivity index (χ0) is 16.2. The summed E-state index contributed by atoms with van der Waals surface area (Å²) >= 11 is 0. The number of hydrogen-bond donors (Lipinski definition) is 1. The molecule has 5 heteroatoms. The number of nitrogens with zero attached hydrogens (tertiary/aromatic N) is 3. The number of piperidine rings is 1. The lowest BCUT2D eigenvalue weighted by Crippen LogP contribution is -2.39. The molecule has 2 aromatic rings. The molecule has 0 spiro atoms. The van der Waals surface area contributed by atoms with E-state index in [1.165, 1.54) is 5.56 Å². The fourth-order valence-electron chi connectivity index (χ4n) is 3.21. The van der Waals surface area contributed by atoms with Gasteiger partial charge in [0.05, 0.1) is 0 Å². The van der Waals surface area contributed by atoms with Crippen LogP contribution >= 0.6 is 0 Å². The number of nitrogens with one attached hydrogen (secondary N) is 1. The zero-order valence-corrected chi connectivity index (χ0v) is 13.8. The Hall–Kier alpha value is -2.14. The van der Waals surface area contributed by atoms with Gasteiger partial charge in [-0.25, -0.2) is 0 Å². The SMILES string of the molecule is CN(C)Cc1ccc(C(=O)N2CCCC(c3ccn[nH]3)C2)cc1. The van der Waals surface area contributed by atoms with E-state index in [2.05, 4.69) is 15.1 Å². The van der Waals surface area contributed by atoms with Gasteiger partial charge in [0, 0.05) is 43.0 Å². The summed E-state index contributed by atoms with van der Waals surface area (Å²) in [5.41, 5.74) is 3.13. The monoisotopic (exact) mass is 312 g/mol. The van der Waals surface area contributed by atoms with Crippen LogP contribution in [-0.4, -0.2) is 53.1 Å². The highest BCUT2D eigenvalue weighted by Gasteiger charge is 2.26. The van der Waals surface area contributed by atoms with E-state index in [-0.39, 0.29) is 5.91 Å². The predicted molar refractivity (Wildman–Crippen MR) is 90.3 cm³/mol. The predicted octanol–water partition coefficient (Wildman–Crippen LogP) is 2.49. The third kappa shape index (κ3) is 3.79. The molecule has 5 nitrogen and oxygen atoms in total. The fourth-order valence-corrected chi connectivity index (χ4v) is 3.21. The van der Waals surface area contributed by atoms with Gasteiger partial charge in [-0.2, -0.15) is 5.10 Å². The molecule has 1 aromatic carbocycles. The molecule has 1 N–H and O–H groups in total. The lowest BCUT2D eigenvalue weighted by atomic mass is 9.94. The van der Waals surface area contributed by atoms with Crippen LogP contribution in [0.15, 0.2) is 36.5 Å². The van der Waals surface area contributed by atoms with Crippen molar-refractivity contribution in [3.05, 3.63) is 53.3 Å². The van der Waals surface area contributed by atoms with Gasteiger partial charge in [0.1, 0.15) is 0 Å². The first-order valence-electron chi connectivity index (χ1n) is 8.15. The van der Waals surface area contributed by atoms with E-state index in [4.69, 9.17) is 0 Å². The van der Waals surface area contributed by atoms with Gasteiger partial charge in [0.25, 0.3) is 5.91 Å². The van der Waals surface area contributed by atoms with E-state index in [9.17, 15) is 4.79 Å². The lowest BCUT2D eigenvalue weighted by Gasteiger charge is -2.32. The third-order valence-electron chi connectivity index (χ3n) is 4.37. The third-order valence-corrected chi connectivity index (χ3v) is 4.37. The molecule has 0 saturated carbocycles. The number of hydrogen-bond acceptors (Lipinski definition) is 3. The van der Waals surface area contributed by atoms with Crippen LogP contribution in [0.2, 0.25) is 0 Å². The van der Waals surface area contributed by atoms with Gasteiger partial charge in [-0.05, 0) is 50.7 Å². The number of benzene rings is 1. The molecular weight excluding hydrogens is 288 g/mol. The van der Waals surface area contributed by atoms with Gasteiger partial charge in [-0.3, -0.25) is 9.89 Å². The van der Waals surface area contributed by atoms with Crippen LogP contribution in [-0.2, 0) is 6.54 Å². The maximum atomic E-state index is 12.7. The normalized spacial score (nSPS) is 18.4. The minimum absolute atomic E-state index is 0.130. The number of rotatable bonds is 4. The van der Waals surface area contributed by atoms with Gasteiger partial charge in [0.2, 0.25) is 0 Å². The van der Waals surface area contributed by atoms with E-state index < -0.39 is 0 Å². The van der Waals surface area contributed by atoms with Crippen molar-refractivity contribution in [2.45, 2.75) is 25.3 Å². The summed E-state index contributed by atoms with van der Waals surface area (Å²) in [6.45, 7) is 2.49. The Morgan fingerprint density at radius 1 is 1.30 bits per heavy atom. The molecule has 122 valence electrons. The number of aromatic nitrogens is 2. The highest BCUT2D eigenvalue weighted by molar-refractivity contribution is 5.94. The summed E-state index contributed by atoms with van der Waals surface area (Å²) in [7, 11) is 4.09. The van der Waals surface area contributed by atoms with Crippen LogP contribution in [0.4, 0.5) is 0 Å². The Morgan fingerprint density at radius 3 is 2.74 bits per heavy atom. The summed E-state index contributed by atoms with van der Waals surface area (Å²) < 4.78 is 0. The first-order valence-corrected chi connectivity index (χ1v) is 8.15. The number of aromatic amines is 1. The van der Waals surface area contributed by atoms with Gasteiger partial charge < -0.3 is 9.80 Å². The molecule has 1 aliphatic rings. The molecule has 1 fully saturated rings. The van der Waals surface area contributed by atoms with Crippen molar-refractivity contribution in [3.8, 4) is 0 Å². The minimum atomic E-state index is 0.130. The highest BCUT2D eigenvalue weighted by Crippen LogP contribution is 2.26. The fraction of sp³-hybridized carbons (Fsp3) is 0.444. The number of carbonyl (C=O) groups excluding carboxylic acids is 1. The molecule has 0 bridgehead atoms. The van der Waals surface area contributed by atoms with Crippen molar-refractivity contribution in [1.29, 1.82) is 0 Å². The van der Waals surface area contributed by atoms with Crippen LogP contribution < -0.4 is 0 Å². The maximum absolute atomic E-state index is 12.7. The summed E-state index contributed by atoms with van der Waals surface area (Å²) in [4.78, 5) is 16.8. The molecule has 1 atom stereocenters. The van der Waals surface area contributed by atoms with Gasteiger partial charge >= 0.3 is 0 Å². The van der Waals surface area contributed by atoms with E-state index in [0.29, 0.717) is 5.92 Å². The summed E-state index contributed by atoms with van der Waals surface area (Å²) in [5, 5.41) is 7.07. The van der Waals surface area contributed by atoms with E-state index in [1.807, 2.05) is 49.3 Å². The lowest BCUT2D eigenvalue weighted by molar-refractivity contribution is 0.0706. The topological polar surface area (TPSA) is 52.2 Å². The van der Waals surface area contributed by atoms with E-state index >= 15 is 0 Å².